The number of methoxy groups -OCH3 is 1. The van der Waals surface area contributed by atoms with Crippen molar-refractivity contribution in [3.8, 4) is 0 Å². The van der Waals surface area contributed by atoms with Crippen LogP contribution < -0.4 is 0 Å². The number of hydrogen-bond acceptors (Lipinski definition) is 4. The Kier molecular flexibility index (Phi) is 4.80. The Labute approximate surface area is 88.7 Å². The molecule has 0 N–H and O–H groups in total. The van der Waals surface area contributed by atoms with Gasteiger partial charge in [0.25, 0.3) is 0 Å². The van der Waals surface area contributed by atoms with Crippen molar-refractivity contribution in [3.63, 3.8) is 0 Å². The molecule has 1 aromatic rings. The highest BCUT2D eigenvalue weighted by Crippen LogP contribution is 2.05. The summed E-state index contributed by atoms with van der Waals surface area (Å²) in [4.78, 5) is 20.3. The number of rotatable bonds is 5. The Morgan fingerprint density at radius 1 is 1.33 bits per heavy atom. The molecule has 0 aliphatic carbocycles. The third kappa shape index (κ3) is 4.10. The van der Waals surface area contributed by atoms with E-state index in [0.29, 0.717) is 5.56 Å². The summed E-state index contributed by atoms with van der Waals surface area (Å²) in [5.74, 6) is -0.526. The van der Waals surface area contributed by atoms with Crippen LogP contribution in [0.25, 0.3) is 0 Å². The third-order valence-corrected chi connectivity index (χ3v) is 1.71. The molecule has 4 heteroatoms. The molecule has 15 heavy (non-hydrogen) atoms. The zero-order chi connectivity index (χ0) is 11.1. The molecule has 1 aromatic carbocycles. The number of carbonyl (C=O) groups excluding carboxylic acids is 1. The van der Waals surface area contributed by atoms with Crippen molar-refractivity contribution in [2.45, 2.75) is 6.92 Å². The molecule has 0 saturated heterocycles. The quantitative estimate of drug-likeness (QED) is 0.422. The molecule has 0 fully saturated rings. The van der Waals surface area contributed by atoms with E-state index in [9.17, 15) is 4.79 Å². The fraction of sp³-hybridized carbons (Fsp3) is 0.273. The molecule has 0 aromatic heterocycles. The van der Waals surface area contributed by atoms with Crippen molar-refractivity contribution in [1.82, 2.24) is 0 Å². The fourth-order valence-electron chi connectivity index (χ4n) is 0.911. The van der Waals surface area contributed by atoms with E-state index in [1.54, 1.807) is 12.1 Å². The maximum atomic E-state index is 11.3. The van der Waals surface area contributed by atoms with E-state index < -0.39 is 5.97 Å². The second kappa shape index (κ2) is 6.16. The van der Waals surface area contributed by atoms with Crippen molar-refractivity contribution in [1.29, 1.82) is 0 Å². The topological polar surface area (TPSA) is 44.8 Å². The lowest BCUT2D eigenvalue weighted by molar-refractivity contribution is -0.217. The van der Waals surface area contributed by atoms with Gasteiger partial charge in [0.05, 0.1) is 12.2 Å². The molecule has 1 rings (SSSR count). The molecule has 4 nitrogen and oxygen atoms in total. The number of hydrogen-bond donors (Lipinski definition) is 0. The molecule has 0 atom stereocenters. The summed E-state index contributed by atoms with van der Waals surface area (Å²) in [7, 11) is 1.52. The average Bonchev–Trinajstić information content (AvgIpc) is 2.25. The lowest BCUT2D eigenvalue weighted by Crippen LogP contribution is -2.06. The second-order valence-electron chi connectivity index (χ2n) is 2.96. The summed E-state index contributed by atoms with van der Waals surface area (Å²) in [6, 6.07) is 7.01. The highest BCUT2D eigenvalue weighted by Gasteiger charge is 2.07. The molecule has 0 spiro atoms. The Bertz CT molecular complexity index is 305. The van der Waals surface area contributed by atoms with Gasteiger partial charge in [-0.3, -0.25) is 4.89 Å². The minimum absolute atomic E-state index is 0.265. The van der Waals surface area contributed by atoms with Crippen LogP contribution in [0.4, 0.5) is 0 Å². The largest absolute Gasteiger partial charge is 0.382 e. The molecular weight excluding hydrogens is 196 g/mol. The maximum absolute atomic E-state index is 11.3. The van der Waals surface area contributed by atoms with E-state index in [-0.39, 0.29) is 6.61 Å². The zero-order valence-electron chi connectivity index (χ0n) is 8.73. The summed E-state index contributed by atoms with van der Waals surface area (Å²) < 4.78 is 4.67. The van der Waals surface area contributed by atoms with Gasteiger partial charge in [0.2, 0.25) is 0 Å². The smallest absolute Gasteiger partial charge is 0.373 e. The highest BCUT2D eigenvalue weighted by atomic mass is 17.2. The normalized spacial score (nSPS) is 10.0. The first kappa shape index (κ1) is 11.7. The van der Waals surface area contributed by atoms with Crippen LogP contribution in [0.1, 0.15) is 15.9 Å². The fourth-order valence-corrected chi connectivity index (χ4v) is 0.911. The summed E-state index contributed by atoms with van der Waals surface area (Å²) >= 11 is 0. The van der Waals surface area contributed by atoms with E-state index in [4.69, 9.17) is 0 Å². The van der Waals surface area contributed by atoms with E-state index in [1.165, 1.54) is 13.7 Å². The first-order valence-electron chi connectivity index (χ1n) is 4.49. The SMILES string of the molecule is COC[CH]OOC(=O)c1ccc(C)cc1. The molecule has 81 valence electrons. The van der Waals surface area contributed by atoms with Crippen molar-refractivity contribution < 1.29 is 19.3 Å². The van der Waals surface area contributed by atoms with Gasteiger partial charge in [-0.15, -0.1) is 0 Å². The van der Waals surface area contributed by atoms with Crippen LogP contribution in [0, 0.1) is 13.5 Å². The second-order valence-corrected chi connectivity index (χ2v) is 2.96. The first-order chi connectivity index (χ1) is 7.24. The van der Waals surface area contributed by atoms with Gasteiger partial charge < -0.3 is 4.74 Å². The van der Waals surface area contributed by atoms with E-state index >= 15 is 0 Å². The van der Waals surface area contributed by atoms with E-state index in [1.807, 2.05) is 19.1 Å². The molecule has 0 aliphatic rings. The van der Waals surface area contributed by atoms with Gasteiger partial charge in [0, 0.05) is 7.11 Å². The Morgan fingerprint density at radius 2 is 2.00 bits per heavy atom. The summed E-state index contributed by atoms with van der Waals surface area (Å²) in [5.41, 5.74) is 1.53. The minimum Gasteiger partial charge on any atom is -0.382 e. The Balaban J connectivity index is 2.37. The molecule has 0 heterocycles. The van der Waals surface area contributed by atoms with Gasteiger partial charge in [-0.05, 0) is 19.1 Å². The van der Waals surface area contributed by atoms with Crippen molar-refractivity contribution in [2.24, 2.45) is 0 Å². The number of benzene rings is 1. The lowest BCUT2D eigenvalue weighted by atomic mass is 10.2. The Morgan fingerprint density at radius 3 is 2.60 bits per heavy atom. The molecule has 0 aliphatic heterocycles. The average molecular weight is 209 g/mol. The van der Waals surface area contributed by atoms with E-state index in [2.05, 4.69) is 14.5 Å². The van der Waals surface area contributed by atoms with Gasteiger partial charge in [0.15, 0.2) is 6.61 Å². The van der Waals surface area contributed by atoms with Crippen LogP contribution in [0.5, 0.6) is 0 Å². The monoisotopic (exact) mass is 209 g/mol. The predicted octanol–water partition coefficient (Wildman–Crippen LogP) is 1.89. The Hall–Kier alpha value is -1.39. The number of ether oxygens (including phenoxy) is 1. The summed E-state index contributed by atoms with van der Waals surface area (Å²) in [5, 5.41) is 0. The standard InChI is InChI=1S/C11H13O4/c1-9-3-5-10(6-4-9)11(12)15-14-8-7-13-2/h3-6,8H,7H2,1-2H3. The van der Waals surface area contributed by atoms with Crippen LogP contribution >= 0.6 is 0 Å². The van der Waals surface area contributed by atoms with E-state index in [0.717, 1.165) is 5.56 Å². The van der Waals surface area contributed by atoms with Crippen LogP contribution in [0.3, 0.4) is 0 Å². The maximum Gasteiger partial charge on any atom is 0.373 e. The third-order valence-electron chi connectivity index (χ3n) is 1.71. The van der Waals surface area contributed by atoms with Crippen LogP contribution in [0.2, 0.25) is 0 Å². The number of aryl methyl sites for hydroxylation is 1. The summed E-state index contributed by atoms with van der Waals surface area (Å²) in [6.45, 7) is 3.46. The number of carbonyl (C=O) groups is 1. The molecule has 0 saturated carbocycles. The molecule has 0 bridgehead atoms. The van der Waals surface area contributed by atoms with Gasteiger partial charge in [-0.2, -0.15) is 4.89 Å². The van der Waals surface area contributed by atoms with Crippen molar-refractivity contribution in [2.75, 3.05) is 13.7 Å². The predicted molar refractivity (Wildman–Crippen MR) is 53.9 cm³/mol. The minimum atomic E-state index is -0.526. The molecule has 1 radical (unpaired) electrons. The highest BCUT2D eigenvalue weighted by molar-refractivity contribution is 5.88. The van der Waals surface area contributed by atoms with Gasteiger partial charge in [-0.1, -0.05) is 17.7 Å². The first-order valence-corrected chi connectivity index (χ1v) is 4.49. The van der Waals surface area contributed by atoms with Crippen LogP contribution in [-0.4, -0.2) is 19.7 Å². The zero-order valence-corrected chi connectivity index (χ0v) is 8.73. The van der Waals surface area contributed by atoms with Crippen molar-refractivity contribution >= 4 is 5.97 Å². The molecular formula is C11H13O4. The van der Waals surface area contributed by atoms with Crippen LogP contribution in [0.15, 0.2) is 24.3 Å². The molecule has 0 unspecified atom stereocenters. The van der Waals surface area contributed by atoms with Gasteiger partial charge in [-0.25, -0.2) is 4.79 Å². The van der Waals surface area contributed by atoms with Gasteiger partial charge in [0.1, 0.15) is 0 Å². The van der Waals surface area contributed by atoms with Crippen LogP contribution in [-0.2, 0) is 14.5 Å². The lowest BCUT2D eigenvalue weighted by Gasteiger charge is -2.02. The summed E-state index contributed by atoms with van der Waals surface area (Å²) in [6.07, 6.45) is 0. The van der Waals surface area contributed by atoms with Gasteiger partial charge >= 0.3 is 5.97 Å². The molecule has 0 amide bonds. The van der Waals surface area contributed by atoms with Crippen molar-refractivity contribution in [3.05, 3.63) is 42.0 Å².